The molecule has 0 fully saturated rings. The number of thiophene rings is 1. The smallest absolute Gasteiger partial charge is 0.252 e. The molecule has 0 aromatic carbocycles. The molecule has 2 rings (SSSR count). The highest BCUT2D eigenvalue weighted by Gasteiger charge is 2.24. The van der Waals surface area contributed by atoms with E-state index in [9.17, 15) is 13.2 Å². The average Bonchev–Trinajstić information content (AvgIpc) is 3.11. The molecule has 0 bridgehead atoms. The molecule has 1 amide bonds. The van der Waals surface area contributed by atoms with E-state index in [0.29, 0.717) is 17.4 Å². The number of carbonyl (C=O) groups excluding carboxylic acids is 1. The van der Waals surface area contributed by atoms with Crippen LogP contribution in [0.2, 0.25) is 4.34 Å². The fraction of sp³-hybridized carbons (Fsp3) is 0.500. The molecule has 1 unspecified atom stereocenters. The summed E-state index contributed by atoms with van der Waals surface area (Å²) >= 11 is 6.76. The first kappa shape index (κ1) is 20.9. The van der Waals surface area contributed by atoms with E-state index in [1.165, 1.54) is 19.2 Å². The number of aromatic nitrogens is 2. The van der Waals surface area contributed by atoms with Crippen LogP contribution in [0, 0.1) is 19.8 Å². The lowest BCUT2D eigenvalue weighted by atomic mass is 10.2. The Morgan fingerprint density at radius 3 is 2.65 bits per heavy atom. The maximum absolute atomic E-state index is 12.4. The van der Waals surface area contributed by atoms with Crippen molar-refractivity contribution < 1.29 is 13.2 Å². The molecule has 0 saturated carbocycles. The summed E-state index contributed by atoms with van der Waals surface area (Å²) < 4.78 is 28.2. The Morgan fingerprint density at radius 2 is 2.12 bits per heavy atom. The summed E-state index contributed by atoms with van der Waals surface area (Å²) in [5, 5.41) is 7.18. The highest BCUT2D eigenvalue weighted by Crippen LogP contribution is 2.27. The highest BCUT2D eigenvalue weighted by molar-refractivity contribution is 7.91. The predicted octanol–water partition coefficient (Wildman–Crippen LogP) is 2.29. The average molecular weight is 419 g/mol. The minimum atomic E-state index is -3.71. The predicted molar refractivity (Wildman–Crippen MR) is 103 cm³/mol. The summed E-state index contributed by atoms with van der Waals surface area (Å²) in [4.78, 5) is 12.1. The number of nitrogens with zero attached hydrogens (tertiary/aromatic N) is 3. The van der Waals surface area contributed by atoms with Gasteiger partial charge in [-0.25, -0.2) is 8.42 Å². The van der Waals surface area contributed by atoms with Crippen LogP contribution in [0.15, 0.2) is 22.4 Å². The molecule has 0 radical (unpaired) electrons. The standard InChI is InChI=1S/C16H23ClN4O3S2/c1-11(9-21-13(3)7-12(2)19-21)8-18-15(22)10-20(4)26(23,24)16-6-5-14(17)25-16/h5-7,11H,8-10H2,1-4H3,(H,18,22). The van der Waals surface area contributed by atoms with Crippen LogP contribution >= 0.6 is 22.9 Å². The topological polar surface area (TPSA) is 84.3 Å². The first-order valence-electron chi connectivity index (χ1n) is 8.09. The van der Waals surface area contributed by atoms with Crippen molar-refractivity contribution in [2.45, 2.75) is 31.5 Å². The molecule has 1 atom stereocenters. The van der Waals surface area contributed by atoms with Gasteiger partial charge in [-0.2, -0.15) is 9.40 Å². The summed E-state index contributed by atoms with van der Waals surface area (Å²) in [5.74, 6) is -0.186. The molecule has 0 saturated heterocycles. The first-order valence-corrected chi connectivity index (χ1v) is 10.7. The molecule has 2 aromatic rings. The third-order valence-corrected chi connectivity index (χ3v) is 7.32. The minimum absolute atomic E-state index is 0.121. The van der Waals surface area contributed by atoms with E-state index in [1.54, 1.807) is 0 Å². The molecular weight excluding hydrogens is 396 g/mol. The van der Waals surface area contributed by atoms with Crippen LogP contribution in [0.3, 0.4) is 0 Å². The Labute approximate surface area is 163 Å². The van der Waals surface area contributed by atoms with Gasteiger partial charge < -0.3 is 5.32 Å². The van der Waals surface area contributed by atoms with E-state index in [0.717, 1.165) is 27.0 Å². The van der Waals surface area contributed by atoms with Gasteiger partial charge in [0.05, 0.1) is 16.6 Å². The number of amides is 1. The van der Waals surface area contributed by atoms with Crippen molar-refractivity contribution in [3.8, 4) is 0 Å². The zero-order valence-corrected chi connectivity index (χ0v) is 17.6. The van der Waals surface area contributed by atoms with Crippen molar-refractivity contribution in [1.82, 2.24) is 19.4 Å². The van der Waals surface area contributed by atoms with Crippen LogP contribution in [-0.4, -0.2) is 48.5 Å². The Balaban J connectivity index is 1.85. The quantitative estimate of drug-likeness (QED) is 0.712. The number of halogens is 1. The first-order chi connectivity index (χ1) is 12.1. The third kappa shape index (κ3) is 5.29. The summed E-state index contributed by atoms with van der Waals surface area (Å²) in [5.41, 5.74) is 2.03. The Kier molecular flexibility index (Phi) is 6.84. The second-order valence-electron chi connectivity index (χ2n) is 6.34. The molecule has 0 spiro atoms. The highest BCUT2D eigenvalue weighted by atomic mass is 35.5. The van der Waals surface area contributed by atoms with Crippen LogP contribution in [0.5, 0.6) is 0 Å². The SMILES string of the molecule is Cc1cc(C)n(CC(C)CNC(=O)CN(C)S(=O)(=O)c2ccc(Cl)s2)n1. The summed E-state index contributed by atoms with van der Waals surface area (Å²) in [6.07, 6.45) is 0. The zero-order chi connectivity index (χ0) is 19.5. The van der Waals surface area contributed by atoms with Gasteiger partial charge in [0.15, 0.2) is 0 Å². The summed E-state index contributed by atoms with van der Waals surface area (Å²) in [6, 6.07) is 4.96. The number of nitrogens with one attached hydrogen (secondary N) is 1. The summed E-state index contributed by atoms with van der Waals surface area (Å²) in [6.45, 7) is 6.81. The number of hydrogen-bond acceptors (Lipinski definition) is 5. The lowest BCUT2D eigenvalue weighted by Gasteiger charge is -2.17. The van der Waals surface area contributed by atoms with Crippen molar-refractivity contribution in [2.24, 2.45) is 5.92 Å². The Hall–Kier alpha value is -1.42. The van der Waals surface area contributed by atoms with E-state index in [2.05, 4.69) is 10.4 Å². The molecule has 0 aliphatic rings. The Bertz CT molecular complexity index is 876. The lowest BCUT2D eigenvalue weighted by Crippen LogP contribution is -2.40. The van der Waals surface area contributed by atoms with E-state index in [4.69, 9.17) is 11.6 Å². The second kappa shape index (κ2) is 8.51. The molecule has 0 aliphatic heterocycles. The summed E-state index contributed by atoms with van der Waals surface area (Å²) in [7, 11) is -2.33. The van der Waals surface area contributed by atoms with Gasteiger partial charge in [-0.3, -0.25) is 9.48 Å². The molecule has 10 heteroatoms. The molecule has 1 N–H and O–H groups in total. The fourth-order valence-corrected chi connectivity index (χ4v) is 5.26. The molecule has 2 heterocycles. The van der Waals surface area contributed by atoms with Gasteiger partial charge in [0.2, 0.25) is 5.91 Å². The molecule has 0 aliphatic carbocycles. The minimum Gasteiger partial charge on any atom is -0.355 e. The van der Waals surface area contributed by atoms with Crippen molar-refractivity contribution >= 4 is 38.9 Å². The van der Waals surface area contributed by atoms with Crippen molar-refractivity contribution in [3.05, 3.63) is 33.9 Å². The van der Waals surface area contributed by atoms with Crippen LogP contribution in [0.25, 0.3) is 0 Å². The van der Waals surface area contributed by atoms with Crippen molar-refractivity contribution in [3.63, 3.8) is 0 Å². The number of aryl methyl sites for hydroxylation is 2. The van der Waals surface area contributed by atoms with Crippen LogP contribution in [0.4, 0.5) is 0 Å². The van der Waals surface area contributed by atoms with Crippen LogP contribution in [-0.2, 0) is 21.4 Å². The molecule has 2 aromatic heterocycles. The third-order valence-electron chi connectivity index (χ3n) is 3.82. The van der Waals surface area contributed by atoms with E-state index >= 15 is 0 Å². The van der Waals surface area contributed by atoms with Crippen LogP contribution < -0.4 is 5.32 Å². The maximum Gasteiger partial charge on any atom is 0.252 e. The zero-order valence-electron chi connectivity index (χ0n) is 15.2. The van der Waals surface area contributed by atoms with E-state index in [1.807, 2.05) is 31.5 Å². The van der Waals surface area contributed by atoms with E-state index in [-0.39, 0.29) is 22.6 Å². The lowest BCUT2D eigenvalue weighted by molar-refractivity contribution is -0.121. The van der Waals surface area contributed by atoms with Gasteiger partial charge in [-0.05, 0) is 38.0 Å². The van der Waals surface area contributed by atoms with Gasteiger partial charge in [0, 0.05) is 25.8 Å². The van der Waals surface area contributed by atoms with Crippen LogP contribution in [0.1, 0.15) is 18.3 Å². The van der Waals surface area contributed by atoms with Gasteiger partial charge in [-0.15, -0.1) is 11.3 Å². The maximum atomic E-state index is 12.4. The fourth-order valence-electron chi connectivity index (χ4n) is 2.44. The van der Waals surface area contributed by atoms with Gasteiger partial charge in [0.25, 0.3) is 10.0 Å². The normalized spacial score (nSPS) is 13.2. The van der Waals surface area contributed by atoms with Gasteiger partial charge >= 0.3 is 0 Å². The molecule has 144 valence electrons. The number of rotatable bonds is 8. The molecular formula is C16H23ClN4O3S2. The largest absolute Gasteiger partial charge is 0.355 e. The number of sulfonamides is 1. The monoisotopic (exact) mass is 418 g/mol. The van der Waals surface area contributed by atoms with E-state index < -0.39 is 10.0 Å². The number of hydrogen-bond donors (Lipinski definition) is 1. The second-order valence-corrected chi connectivity index (χ2v) is 10.3. The van der Waals surface area contributed by atoms with Gasteiger partial charge in [-0.1, -0.05) is 18.5 Å². The number of carbonyl (C=O) groups is 1. The molecule has 7 nitrogen and oxygen atoms in total. The van der Waals surface area contributed by atoms with Crippen molar-refractivity contribution in [2.75, 3.05) is 20.1 Å². The van der Waals surface area contributed by atoms with Gasteiger partial charge in [0.1, 0.15) is 4.21 Å². The van der Waals surface area contributed by atoms with Crippen molar-refractivity contribution in [1.29, 1.82) is 0 Å². The molecule has 26 heavy (non-hydrogen) atoms. The Morgan fingerprint density at radius 1 is 1.42 bits per heavy atom. The number of likely N-dealkylation sites (N-methyl/N-ethyl adjacent to an activating group) is 1.